The second-order valence-corrected chi connectivity index (χ2v) is 7.43. The number of amides is 1. The van der Waals surface area contributed by atoms with E-state index in [4.69, 9.17) is 0 Å². The predicted octanol–water partition coefficient (Wildman–Crippen LogP) is 3.62. The molecule has 2 saturated heterocycles. The van der Waals surface area contributed by atoms with Gasteiger partial charge in [0.05, 0.1) is 0 Å². The van der Waals surface area contributed by atoms with E-state index in [2.05, 4.69) is 4.90 Å². The molecule has 2 aliphatic rings. The van der Waals surface area contributed by atoms with Gasteiger partial charge in [0, 0.05) is 32.6 Å². The number of aryl methyl sites for hydroxylation is 1. The molecule has 0 radical (unpaired) electrons. The molecule has 3 rings (SSSR count). The number of rotatable bonds is 6. The predicted molar refractivity (Wildman–Crippen MR) is 94.3 cm³/mol. The smallest absolute Gasteiger partial charge is 0.223 e. The minimum atomic E-state index is -0.782. The largest absolute Gasteiger partial charge is 0.343 e. The van der Waals surface area contributed by atoms with Crippen molar-refractivity contribution in [2.24, 2.45) is 5.92 Å². The van der Waals surface area contributed by atoms with Crippen molar-refractivity contribution in [3.8, 4) is 0 Å². The summed E-state index contributed by atoms with van der Waals surface area (Å²) in [5, 5.41) is 0. The van der Waals surface area contributed by atoms with Gasteiger partial charge >= 0.3 is 0 Å². The zero-order valence-electron chi connectivity index (χ0n) is 14.9. The second kappa shape index (κ2) is 8.75. The Balaban J connectivity index is 1.41. The van der Waals surface area contributed by atoms with Crippen LogP contribution in [0.15, 0.2) is 18.2 Å². The number of hydrogen-bond donors (Lipinski definition) is 0. The van der Waals surface area contributed by atoms with Crippen LogP contribution in [0.4, 0.5) is 8.78 Å². The number of carbonyl (C=O) groups is 1. The topological polar surface area (TPSA) is 23.6 Å². The molecule has 0 saturated carbocycles. The maximum atomic E-state index is 13.3. The highest BCUT2D eigenvalue weighted by Gasteiger charge is 2.22. The molecule has 1 amide bonds. The van der Waals surface area contributed by atoms with Crippen LogP contribution in [-0.4, -0.2) is 48.4 Å². The molecular formula is C20H28F2N2O. The van der Waals surface area contributed by atoms with Gasteiger partial charge in [0.1, 0.15) is 0 Å². The molecule has 3 nitrogen and oxygen atoms in total. The van der Waals surface area contributed by atoms with Crippen molar-refractivity contribution in [1.82, 2.24) is 9.80 Å². The summed E-state index contributed by atoms with van der Waals surface area (Å²) in [7, 11) is 0. The molecule has 1 aromatic carbocycles. The van der Waals surface area contributed by atoms with E-state index in [0.29, 0.717) is 18.2 Å². The number of nitrogens with zero attached hydrogens (tertiary/aromatic N) is 2. The van der Waals surface area contributed by atoms with E-state index in [9.17, 15) is 13.6 Å². The van der Waals surface area contributed by atoms with E-state index in [1.165, 1.54) is 18.6 Å². The van der Waals surface area contributed by atoms with Crippen LogP contribution in [0, 0.1) is 17.6 Å². The van der Waals surface area contributed by atoms with Gasteiger partial charge in [-0.05, 0) is 68.7 Å². The van der Waals surface area contributed by atoms with Crippen LogP contribution in [0.2, 0.25) is 0 Å². The van der Waals surface area contributed by atoms with Gasteiger partial charge in [-0.15, -0.1) is 0 Å². The molecule has 5 heteroatoms. The van der Waals surface area contributed by atoms with Crippen molar-refractivity contribution >= 4 is 5.91 Å². The van der Waals surface area contributed by atoms with Gasteiger partial charge in [-0.25, -0.2) is 8.78 Å². The molecule has 2 heterocycles. The lowest BCUT2D eigenvalue weighted by Gasteiger charge is -2.33. The molecule has 2 aliphatic heterocycles. The standard InChI is InChI=1S/C20H28F2N2O/c21-18-8-7-16(14-19(18)22)5-6-17-4-3-10-23(15-17)13-9-20(25)24-11-1-2-12-24/h7-8,14,17H,1-6,9-13,15H2/t17-/m0/s1. The zero-order valence-corrected chi connectivity index (χ0v) is 14.9. The van der Waals surface area contributed by atoms with Gasteiger partial charge < -0.3 is 9.80 Å². The van der Waals surface area contributed by atoms with Gasteiger partial charge in [-0.2, -0.15) is 0 Å². The Bertz CT molecular complexity index is 587. The Morgan fingerprint density at radius 2 is 1.88 bits per heavy atom. The van der Waals surface area contributed by atoms with Crippen LogP contribution in [0.1, 0.15) is 44.1 Å². The first-order valence-corrected chi connectivity index (χ1v) is 9.56. The van der Waals surface area contributed by atoms with Crippen LogP contribution in [-0.2, 0) is 11.2 Å². The summed E-state index contributed by atoms with van der Waals surface area (Å²) < 4.78 is 26.3. The lowest BCUT2D eigenvalue weighted by atomic mass is 9.91. The van der Waals surface area contributed by atoms with Crippen molar-refractivity contribution < 1.29 is 13.6 Å². The van der Waals surface area contributed by atoms with E-state index in [0.717, 1.165) is 70.4 Å². The van der Waals surface area contributed by atoms with Crippen molar-refractivity contribution in [2.45, 2.75) is 44.9 Å². The first kappa shape index (κ1) is 18.3. The van der Waals surface area contributed by atoms with Crippen molar-refractivity contribution in [3.63, 3.8) is 0 Å². The third-order valence-electron chi connectivity index (χ3n) is 5.53. The monoisotopic (exact) mass is 350 g/mol. The fraction of sp³-hybridized carbons (Fsp3) is 0.650. The fourth-order valence-electron chi connectivity index (χ4n) is 4.03. The Hall–Kier alpha value is -1.49. The van der Waals surface area contributed by atoms with Crippen molar-refractivity contribution in [2.75, 3.05) is 32.7 Å². The molecule has 0 bridgehead atoms. The van der Waals surface area contributed by atoms with Gasteiger partial charge in [-0.1, -0.05) is 6.07 Å². The van der Waals surface area contributed by atoms with Crippen LogP contribution < -0.4 is 0 Å². The van der Waals surface area contributed by atoms with E-state index >= 15 is 0 Å². The SMILES string of the molecule is O=C(CCN1CCC[C@@H](CCc2ccc(F)c(F)c2)C1)N1CCCC1. The summed E-state index contributed by atoms with van der Waals surface area (Å²) >= 11 is 0. The maximum Gasteiger partial charge on any atom is 0.223 e. The highest BCUT2D eigenvalue weighted by Crippen LogP contribution is 2.22. The van der Waals surface area contributed by atoms with Gasteiger partial charge in [0.15, 0.2) is 11.6 Å². The number of hydrogen-bond acceptors (Lipinski definition) is 2. The molecule has 25 heavy (non-hydrogen) atoms. The van der Waals surface area contributed by atoms with Gasteiger partial charge in [0.25, 0.3) is 0 Å². The Morgan fingerprint density at radius 3 is 2.64 bits per heavy atom. The highest BCUT2D eigenvalue weighted by atomic mass is 19.2. The molecule has 1 aromatic rings. The Labute approximate surface area is 149 Å². The van der Waals surface area contributed by atoms with E-state index < -0.39 is 11.6 Å². The molecule has 138 valence electrons. The summed E-state index contributed by atoms with van der Waals surface area (Å²) in [4.78, 5) is 16.6. The molecule has 1 atom stereocenters. The molecule has 0 aromatic heterocycles. The summed E-state index contributed by atoms with van der Waals surface area (Å²) in [6.45, 7) is 4.77. The van der Waals surface area contributed by atoms with E-state index in [-0.39, 0.29) is 0 Å². The molecular weight excluding hydrogens is 322 g/mol. The lowest BCUT2D eigenvalue weighted by Crippen LogP contribution is -2.38. The molecule has 0 unspecified atom stereocenters. The normalized spacial score (nSPS) is 21.7. The number of carbonyl (C=O) groups excluding carboxylic acids is 1. The Morgan fingerprint density at radius 1 is 1.08 bits per heavy atom. The quantitative estimate of drug-likeness (QED) is 0.782. The number of likely N-dealkylation sites (tertiary alicyclic amines) is 2. The summed E-state index contributed by atoms with van der Waals surface area (Å²) in [5.74, 6) is -0.677. The van der Waals surface area contributed by atoms with Crippen LogP contribution in [0.3, 0.4) is 0 Å². The number of benzene rings is 1. The van der Waals surface area contributed by atoms with Crippen LogP contribution in [0.25, 0.3) is 0 Å². The summed E-state index contributed by atoms with van der Waals surface area (Å²) in [6.07, 6.45) is 7.00. The molecule has 0 spiro atoms. The maximum absolute atomic E-state index is 13.3. The van der Waals surface area contributed by atoms with Crippen LogP contribution in [0.5, 0.6) is 0 Å². The van der Waals surface area contributed by atoms with Gasteiger partial charge in [0.2, 0.25) is 5.91 Å². The first-order valence-electron chi connectivity index (χ1n) is 9.56. The Kier molecular flexibility index (Phi) is 6.40. The zero-order chi connectivity index (χ0) is 17.6. The average Bonchev–Trinajstić information content (AvgIpc) is 3.16. The van der Waals surface area contributed by atoms with Crippen molar-refractivity contribution in [3.05, 3.63) is 35.4 Å². The van der Waals surface area contributed by atoms with Gasteiger partial charge in [-0.3, -0.25) is 4.79 Å². The molecule has 2 fully saturated rings. The highest BCUT2D eigenvalue weighted by molar-refractivity contribution is 5.76. The molecule has 0 N–H and O–H groups in total. The van der Waals surface area contributed by atoms with Crippen LogP contribution >= 0.6 is 0 Å². The molecule has 0 aliphatic carbocycles. The minimum Gasteiger partial charge on any atom is -0.343 e. The third kappa shape index (κ3) is 5.24. The summed E-state index contributed by atoms with van der Waals surface area (Å²) in [5.41, 5.74) is 0.861. The average molecular weight is 350 g/mol. The van der Waals surface area contributed by atoms with Crippen molar-refractivity contribution in [1.29, 1.82) is 0 Å². The third-order valence-corrected chi connectivity index (χ3v) is 5.53. The number of halogens is 2. The van der Waals surface area contributed by atoms with E-state index in [1.54, 1.807) is 6.07 Å². The summed E-state index contributed by atoms with van der Waals surface area (Å²) in [6, 6.07) is 4.19. The first-order chi connectivity index (χ1) is 12.1. The minimum absolute atomic E-state index is 0.293. The number of piperidine rings is 1. The second-order valence-electron chi connectivity index (χ2n) is 7.43. The lowest BCUT2D eigenvalue weighted by molar-refractivity contribution is -0.130. The fourth-order valence-corrected chi connectivity index (χ4v) is 4.03. The van der Waals surface area contributed by atoms with E-state index in [1.807, 2.05) is 4.90 Å².